The normalized spacial score (nSPS) is 11.0. The van der Waals surface area contributed by atoms with E-state index in [0.717, 1.165) is 23.1 Å². The van der Waals surface area contributed by atoms with Crippen LogP contribution in [-0.4, -0.2) is 11.1 Å². The van der Waals surface area contributed by atoms with Crippen molar-refractivity contribution >= 4 is 12.0 Å². The highest BCUT2D eigenvalue weighted by molar-refractivity contribution is 5.80. The number of para-hydroxylation sites is 1. The van der Waals surface area contributed by atoms with E-state index in [0.29, 0.717) is 0 Å². The Hall–Kier alpha value is -2.81. The van der Waals surface area contributed by atoms with Gasteiger partial charge in [-0.3, -0.25) is 0 Å². The van der Waals surface area contributed by atoms with Gasteiger partial charge in [0.15, 0.2) is 0 Å². The summed E-state index contributed by atoms with van der Waals surface area (Å²) in [5.41, 5.74) is 0.973. The zero-order valence-electron chi connectivity index (χ0n) is 10.8. The number of carboxylic acid groups (broad SMARTS) is 1. The van der Waals surface area contributed by atoms with E-state index in [1.807, 2.05) is 60.7 Å². The van der Waals surface area contributed by atoms with Gasteiger partial charge in [-0.15, -0.1) is 0 Å². The minimum atomic E-state index is -0.957. The molecule has 0 aromatic heterocycles. The van der Waals surface area contributed by atoms with Gasteiger partial charge in [-0.25, -0.2) is 4.79 Å². The van der Waals surface area contributed by atoms with Crippen LogP contribution in [0, 0.1) is 0 Å². The summed E-state index contributed by atoms with van der Waals surface area (Å²) in [7, 11) is 0. The molecule has 0 atom stereocenters. The molecule has 2 aromatic carbocycles. The monoisotopic (exact) mass is 266 g/mol. The van der Waals surface area contributed by atoms with Crippen LogP contribution < -0.4 is 4.74 Å². The summed E-state index contributed by atoms with van der Waals surface area (Å²) < 4.78 is 5.67. The molecule has 2 rings (SSSR count). The fraction of sp³-hybridized carbons (Fsp3) is 0. The van der Waals surface area contributed by atoms with E-state index in [1.54, 1.807) is 6.08 Å². The molecule has 0 radical (unpaired) electrons. The highest BCUT2D eigenvalue weighted by Crippen LogP contribution is 2.21. The molecule has 20 heavy (non-hydrogen) atoms. The van der Waals surface area contributed by atoms with Crippen LogP contribution in [0.3, 0.4) is 0 Å². The minimum absolute atomic E-state index is 0.759. The number of allylic oxidation sites excluding steroid dienone is 2. The lowest BCUT2D eigenvalue weighted by Gasteiger charge is -2.05. The predicted octanol–water partition coefficient (Wildman–Crippen LogP) is 4.13. The summed E-state index contributed by atoms with van der Waals surface area (Å²) in [5.74, 6) is 0.593. The summed E-state index contributed by atoms with van der Waals surface area (Å²) in [6.07, 6.45) is 6.08. The van der Waals surface area contributed by atoms with Crippen molar-refractivity contribution in [1.29, 1.82) is 0 Å². The van der Waals surface area contributed by atoms with Gasteiger partial charge < -0.3 is 9.84 Å². The highest BCUT2D eigenvalue weighted by atomic mass is 16.5. The summed E-state index contributed by atoms with van der Waals surface area (Å²) in [5, 5.41) is 8.45. The van der Waals surface area contributed by atoms with Crippen LogP contribution in [0.15, 0.2) is 72.8 Å². The first kappa shape index (κ1) is 13.6. The molecule has 0 aliphatic carbocycles. The maximum atomic E-state index is 10.3. The van der Waals surface area contributed by atoms with E-state index in [1.165, 1.54) is 6.08 Å². The number of hydrogen-bond donors (Lipinski definition) is 1. The smallest absolute Gasteiger partial charge is 0.328 e. The van der Waals surface area contributed by atoms with E-state index in [9.17, 15) is 4.79 Å². The van der Waals surface area contributed by atoms with E-state index in [2.05, 4.69) is 0 Å². The molecule has 0 saturated heterocycles. The van der Waals surface area contributed by atoms with Gasteiger partial charge in [-0.2, -0.15) is 0 Å². The fourth-order valence-electron chi connectivity index (χ4n) is 1.58. The third-order valence-electron chi connectivity index (χ3n) is 2.50. The van der Waals surface area contributed by atoms with Gasteiger partial charge in [0.25, 0.3) is 0 Å². The number of rotatable bonds is 5. The summed E-state index contributed by atoms with van der Waals surface area (Å²) in [6, 6.07) is 17.1. The van der Waals surface area contributed by atoms with Gasteiger partial charge in [-0.1, -0.05) is 48.6 Å². The molecule has 0 unspecified atom stereocenters. The molecule has 0 fully saturated rings. The second kappa shape index (κ2) is 6.95. The Morgan fingerprint density at radius 2 is 1.55 bits per heavy atom. The molecular formula is C17H14O3. The van der Waals surface area contributed by atoms with Gasteiger partial charge >= 0.3 is 5.97 Å². The molecule has 0 saturated carbocycles. The molecule has 3 nitrogen and oxygen atoms in total. The number of carboxylic acids is 1. The number of ether oxygens (including phenoxy) is 1. The maximum Gasteiger partial charge on any atom is 0.328 e. The van der Waals surface area contributed by atoms with Gasteiger partial charge in [-0.05, 0) is 29.8 Å². The third kappa shape index (κ3) is 4.46. The Morgan fingerprint density at radius 3 is 2.20 bits per heavy atom. The van der Waals surface area contributed by atoms with Crippen LogP contribution >= 0.6 is 0 Å². The number of carbonyl (C=O) groups is 1. The Labute approximate surface area is 117 Å². The quantitative estimate of drug-likeness (QED) is 0.653. The van der Waals surface area contributed by atoms with Gasteiger partial charge in [0, 0.05) is 6.08 Å². The lowest BCUT2D eigenvalue weighted by Crippen LogP contribution is -1.84. The van der Waals surface area contributed by atoms with Gasteiger partial charge in [0.2, 0.25) is 0 Å². The van der Waals surface area contributed by atoms with Crippen molar-refractivity contribution < 1.29 is 14.6 Å². The van der Waals surface area contributed by atoms with Crippen LogP contribution in [0.2, 0.25) is 0 Å². The first-order chi connectivity index (χ1) is 9.74. The van der Waals surface area contributed by atoms with E-state index >= 15 is 0 Å². The number of hydrogen-bond acceptors (Lipinski definition) is 2. The largest absolute Gasteiger partial charge is 0.478 e. The van der Waals surface area contributed by atoms with Gasteiger partial charge in [0.1, 0.15) is 11.5 Å². The Morgan fingerprint density at radius 1 is 0.900 bits per heavy atom. The third-order valence-corrected chi connectivity index (χ3v) is 2.50. The lowest BCUT2D eigenvalue weighted by atomic mass is 10.2. The van der Waals surface area contributed by atoms with Crippen LogP contribution in [-0.2, 0) is 4.79 Å². The predicted molar refractivity (Wildman–Crippen MR) is 78.8 cm³/mol. The molecule has 100 valence electrons. The van der Waals surface area contributed by atoms with Crippen molar-refractivity contribution in [2.75, 3.05) is 0 Å². The Balaban J connectivity index is 1.98. The standard InChI is InChI=1S/C17H14O3/c18-17(19)9-5-4-6-14-10-12-16(13-11-14)20-15-7-2-1-3-8-15/h1-13H,(H,18,19)/b6-4+,9-5+. The van der Waals surface area contributed by atoms with Crippen molar-refractivity contribution in [3.63, 3.8) is 0 Å². The van der Waals surface area contributed by atoms with Crippen molar-refractivity contribution in [2.45, 2.75) is 0 Å². The van der Waals surface area contributed by atoms with Crippen molar-refractivity contribution in [3.8, 4) is 11.5 Å². The number of benzene rings is 2. The molecular weight excluding hydrogens is 252 g/mol. The molecule has 1 N–H and O–H groups in total. The maximum absolute atomic E-state index is 10.3. The SMILES string of the molecule is O=C(O)/C=C/C=C/c1ccc(Oc2ccccc2)cc1. The van der Waals surface area contributed by atoms with E-state index in [4.69, 9.17) is 9.84 Å². The second-order valence-corrected chi connectivity index (χ2v) is 4.04. The Kier molecular flexibility index (Phi) is 4.73. The lowest BCUT2D eigenvalue weighted by molar-refractivity contribution is -0.131. The van der Waals surface area contributed by atoms with Crippen molar-refractivity contribution in [1.82, 2.24) is 0 Å². The van der Waals surface area contributed by atoms with Gasteiger partial charge in [0.05, 0.1) is 0 Å². The fourth-order valence-corrected chi connectivity index (χ4v) is 1.58. The first-order valence-corrected chi connectivity index (χ1v) is 6.15. The Bertz CT molecular complexity index is 610. The van der Waals surface area contributed by atoms with Crippen molar-refractivity contribution in [2.24, 2.45) is 0 Å². The zero-order chi connectivity index (χ0) is 14.2. The summed E-state index contributed by atoms with van der Waals surface area (Å²) in [6.45, 7) is 0. The molecule has 0 aliphatic heterocycles. The van der Waals surface area contributed by atoms with E-state index in [-0.39, 0.29) is 0 Å². The van der Waals surface area contributed by atoms with Crippen LogP contribution in [0.1, 0.15) is 5.56 Å². The molecule has 3 heteroatoms. The minimum Gasteiger partial charge on any atom is -0.478 e. The van der Waals surface area contributed by atoms with Crippen LogP contribution in [0.25, 0.3) is 6.08 Å². The zero-order valence-corrected chi connectivity index (χ0v) is 10.8. The molecule has 0 aliphatic rings. The highest BCUT2D eigenvalue weighted by Gasteiger charge is 1.95. The van der Waals surface area contributed by atoms with Crippen LogP contribution in [0.5, 0.6) is 11.5 Å². The molecule has 0 heterocycles. The molecule has 0 bridgehead atoms. The van der Waals surface area contributed by atoms with Crippen LogP contribution in [0.4, 0.5) is 0 Å². The second-order valence-electron chi connectivity index (χ2n) is 4.04. The summed E-state index contributed by atoms with van der Waals surface area (Å²) >= 11 is 0. The molecule has 2 aromatic rings. The van der Waals surface area contributed by atoms with Crippen molar-refractivity contribution in [3.05, 3.63) is 78.4 Å². The first-order valence-electron chi connectivity index (χ1n) is 6.15. The van der Waals surface area contributed by atoms with E-state index < -0.39 is 5.97 Å². The summed E-state index contributed by atoms with van der Waals surface area (Å²) in [4.78, 5) is 10.3. The molecule has 0 spiro atoms. The average Bonchev–Trinajstić information content (AvgIpc) is 2.46. The molecule has 0 amide bonds. The number of aliphatic carboxylic acids is 1. The topological polar surface area (TPSA) is 46.5 Å². The average molecular weight is 266 g/mol.